The van der Waals surface area contributed by atoms with Crippen molar-refractivity contribution in [2.24, 2.45) is 5.92 Å². The second-order valence-electron chi connectivity index (χ2n) is 6.39. The molecule has 2 rings (SSSR count). The zero-order chi connectivity index (χ0) is 15.9. The first-order valence-corrected chi connectivity index (χ1v) is 8.66. The fourth-order valence-corrected chi connectivity index (χ4v) is 3.58. The Morgan fingerprint density at radius 1 is 1.29 bits per heavy atom. The molecule has 2 aliphatic heterocycles. The summed E-state index contributed by atoms with van der Waals surface area (Å²) in [6, 6.07) is 0.121. The molecule has 0 aromatic rings. The van der Waals surface area contributed by atoms with Crippen LogP contribution in [0.1, 0.15) is 33.1 Å². The summed E-state index contributed by atoms with van der Waals surface area (Å²) >= 11 is 0. The maximum Gasteiger partial charge on any atom is 0.237 e. The van der Waals surface area contributed by atoms with Gasteiger partial charge in [-0.1, -0.05) is 26.7 Å². The highest BCUT2D eigenvalue weighted by molar-refractivity contribution is 5.85. The Hall–Kier alpha value is -0.110. The number of hydrogen-bond donors (Lipinski definition) is 3. The van der Waals surface area contributed by atoms with E-state index in [0.717, 1.165) is 39.1 Å². The van der Waals surface area contributed by atoms with Crippen molar-refractivity contribution in [1.82, 2.24) is 15.5 Å². The van der Waals surface area contributed by atoms with E-state index in [1.807, 2.05) is 0 Å². The number of aliphatic hydroxyl groups excluding tert-OH is 1. The molecule has 0 saturated carbocycles. The van der Waals surface area contributed by atoms with Crippen LogP contribution in [0.25, 0.3) is 0 Å². The maximum atomic E-state index is 12.2. The molecule has 3 unspecified atom stereocenters. The van der Waals surface area contributed by atoms with E-state index in [0.29, 0.717) is 31.5 Å². The lowest BCUT2D eigenvalue weighted by Gasteiger charge is -2.39. The topological polar surface area (TPSA) is 73.8 Å². The summed E-state index contributed by atoms with van der Waals surface area (Å²) < 4.78 is 5.45. The largest absolute Gasteiger partial charge is 0.392 e. The highest BCUT2D eigenvalue weighted by Gasteiger charge is 2.31. The van der Waals surface area contributed by atoms with Crippen LogP contribution < -0.4 is 10.6 Å². The lowest BCUT2D eigenvalue weighted by molar-refractivity contribution is -0.123. The van der Waals surface area contributed by atoms with Crippen LogP contribution in [0.15, 0.2) is 0 Å². The van der Waals surface area contributed by atoms with Gasteiger partial charge in [-0.25, -0.2) is 0 Å². The minimum atomic E-state index is -0.398. The molecule has 0 aromatic carbocycles. The molecule has 0 bridgehead atoms. The summed E-state index contributed by atoms with van der Waals surface area (Å²) in [5.74, 6) is 0.598. The third-order valence-electron chi connectivity index (χ3n) is 5.02. The van der Waals surface area contributed by atoms with E-state index in [4.69, 9.17) is 4.74 Å². The van der Waals surface area contributed by atoms with E-state index in [1.165, 1.54) is 0 Å². The van der Waals surface area contributed by atoms with Crippen LogP contribution in [-0.2, 0) is 9.53 Å². The highest BCUT2D eigenvalue weighted by atomic mass is 35.5. The van der Waals surface area contributed by atoms with Crippen molar-refractivity contribution in [3.63, 3.8) is 0 Å². The zero-order valence-electron chi connectivity index (χ0n) is 14.7. The highest BCUT2D eigenvalue weighted by Crippen LogP contribution is 2.19. The van der Waals surface area contributed by atoms with Gasteiger partial charge < -0.3 is 20.5 Å². The predicted octanol–water partition coefficient (Wildman–Crippen LogP) is 0.806. The molecule has 0 radical (unpaired) electrons. The number of halogens is 2. The van der Waals surface area contributed by atoms with Gasteiger partial charge in [0.05, 0.1) is 25.4 Å². The smallest absolute Gasteiger partial charge is 0.237 e. The van der Waals surface area contributed by atoms with Gasteiger partial charge in [0.25, 0.3) is 0 Å². The van der Waals surface area contributed by atoms with Crippen LogP contribution in [0.3, 0.4) is 0 Å². The molecule has 0 aromatic heterocycles. The van der Waals surface area contributed by atoms with E-state index in [-0.39, 0.29) is 36.8 Å². The number of carbonyl (C=O) groups is 1. The predicted molar refractivity (Wildman–Crippen MR) is 100 cm³/mol. The maximum absolute atomic E-state index is 12.2. The van der Waals surface area contributed by atoms with Gasteiger partial charge in [0.1, 0.15) is 0 Å². The summed E-state index contributed by atoms with van der Waals surface area (Å²) in [6.45, 7) is 9.07. The van der Waals surface area contributed by atoms with Crippen molar-refractivity contribution in [2.45, 2.75) is 51.3 Å². The van der Waals surface area contributed by atoms with Crippen LogP contribution in [-0.4, -0.2) is 73.5 Å². The van der Waals surface area contributed by atoms with Gasteiger partial charge in [0.15, 0.2) is 0 Å². The van der Waals surface area contributed by atoms with Gasteiger partial charge in [-0.2, -0.15) is 0 Å². The minimum Gasteiger partial charge on any atom is -0.392 e. The van der Waals surface area contributed by atoms with Crippen molar-refractivity contribution in [3.8, 4) is 0 Å². The second-order valence-corrected chi connectivity index (χ2v) is 6.39. The average Bonchev–Trinajstić information content (AvgIpc) is 2.98. The molecule has 3 N–H and O–H groups in total. The number of β-amino-alcohol motifs (C(OH)–C–C–N with tert-alkyl or cyclic N) is 1. The van der Waals surface area contributed by atoms with Crippen LogP contribution in [0.4, 0.5) is 0 Å². The summed E-state index contributed by atoms with van der Waals surface area (Å²) in [5, 5.41) is 15.7. The average molecular weight is 386 g/mol. The molecular weight excluding hydrogens is 353 g/mol. The molecule has 2 saturated heterocycles. The van der Waals surface area contributed by atoms with Crippen molar-refractivity contribution in [3.05, 3.63) is 0 Å². The normalized spacial score (nSPS) is 25.7. The Morgan fingerprint density at radius 3 is 2.42 bits per heavy atom. The Kier molecular flexibility index (Phi) is 12.2. The Morgan fingerprint density at radius 2 is 1.92 bits per heavy atom. The van der Waals surface area contributed by atoms with Gasteiger partial charge in [-0.15, -0.1) is 24.8 Å². The lowest BCUT2D eigenvalue weighted by atomic mass is 9.92. The number of amides is 1. The molecule has 2 heterocycles. The van der Waals surface area contributed by atoms with Gasteiger partial charge in [-0.05, 0) is 12.3 Å². The molecule has 2 aliphatic rings. The molecule has 6 nitrogen and oxygen atoms in total. The monoisotopic (exact) mass is 385 g/mol. The second kappa shape index (κ2) is 12.3. The van der Waals surface area contributed by atoms with E-state index in [9.17, 15) is 9.90 Å². The van der Waals surface area contributed by atoms with Crippen LogP contribution >= 0.6 is 24.8 Å². The third-order valence-corrected chi connectivity index (χ3v) is 5.02. The minimum absolute atomic E-state index is 0. The summed E-state index contributed by atoms with van der Waals surface area (Å²) in [5.41, 5.74) is 0. The van der Waals surface area contributed by atoms with Crippen molar-refractivity contribution in [1.29, 1.82) is 0 Å². The van der Waals surface area contributed by atoms with Crippen LogP contribution in [0, 0.1) is 5.92 Å². The summed E-state index contributed by atoms with van der Waals surface area (Å²) in [4.78, 5) is 14.7. The molecule has 0 spiro atoms. The van der Waals surface area contributed by atoms with Gasteiger partial charge >= 0.3 is 0 Å². The molecule has 0 aliphatic carbocycles. The number of nitrogens with zero attached hydrogens (tertiary/aromatic N) is 1. The van der Waals surface area contributed by atoms with E-state index in [2.05, 4.69) is 29.4 Å². The van der Waals surface area contributed by atoms with Gasteiger partial charge in [0, 0.05) is 32.2 Å². The number of carbonyl (C=O) groups excluding carboxylic acids is 1. The number of morpholine rings is 1. The third kappa shape index (κ3) is 6.65. The number of ether oxygens (including phenoxy) is 1. The lowest BCUT2D eigenvalue weighted by Crippen LogP contribution is -2.53. The van der Waals surface area contributed by atoms with E-state index in [1.54, 1.807) is 0 Å². The first kappa shape index (κ1) is 23.9. The van der Waals surface area contributed by atoms with Gasteiger partial charge in [-0.3, -0.25) is 9.69 Å². The fourth-order valence-electron chi connectivity index (χ4n) is 3.58. The molecular formula is C16H33Cl2N3O3. The molecule has 3 atom stereocenters. The molecule has 1 amide bonds. The van der Waals surface area contributed by atoms with Crippen molar-refractivity contribution < 1.29 is 14.6 Å². The van der Waals surface area contributed by atoms with Crippen molar-refractivity contribution >= 4 is 30.7 Å². The fraction of sp³-hybridized carbons (Fsp3) is 0.938. The summed E-state index contributed by atoms with van der Waals surface area (Å²) in [7, 11) is 0. The molecule has 144 valence electrons. The summed E-state index contributed by atoms with van der Waals surface area (Å²) in [6.07, 6.45) is 2.35. The van der Waals surface area contributed by atoms with Crippen molar-refractivity contribution in [2.75, 3.05) is 39.4 Å². The number of hydrogen-bond acceptors (Lipinski definition) is 5. The number of aliphatic hydroxyl groups is 1. The SMILES string of the molecule is CCC(CC)C(CNC(=O)C1CC(O)CN1)N1CCOCC1.Cl.Cl. The number of nitrogens with one attached hydrogen (secondary N) is 2. The standard InChI is InChI=1S/C16H31N3O3.2ClH/c1-3-12(4-2)15(19-5-7-22-8-6-19)11-18-16(21)14-9-13(20)10-17-14;;/h12-15,17,20H,3-11H2,1-2H3,(H,18,21);2*1H. The Labute approximate surface area is 157 Å². The van der Waals surface area contributed by atoms with Crippen LogP contribution in [0.2, 0.25) is 0 Å². The Balaban J connectivity index is 0.00000264. The first-order valence-electron chi connectivity index (χ1n) is 8.66. The molecule has 24 heavy (non-hydrogen) atoms. The number of rotatable bonds is 7. The zero-order valence-corrected chi connectivity index (χ0v) is 16.3. The molecule has 2 fully saturated rings. The van der Waals surface area contributed by atoms with Gasteiger partial charge in [0.2, 0.25) is 5.91 Å². The van der Waals surface area contributed by atoms with E-state index >= 15 is 0 Å². The quantitative estimate of drug-likeness (QED) is 0.604. The first-order chi connectivity index (χ1) is 10.7. The van der Waals surface area contributed by atoms with Crippen LogP contribution in [0.5, 0.6) is 0 Å². The van der Waals surface area contributed by atoms with E-state index < -0.39 is 6.10 Å². The molecule has 8 heteroatoms. The Bertz CT molecular complexity index is 353.